The number of para-hydroxylation sites is 1. The van der Waals surface area contributed by atoms with Crippen LogP contribution in [0.2, 0.25) is 10.0 Å². The van der Waals surface area contributed by atoms with Crippen molar-refractivity contribution in [2.24, 2.45) is 7.05 Å². The van der Waals surface area contributed by atoms with Gasteiger partial charge in [-0.05, 0) is 30.3 Å². The minimum Gasteiger partial charge on any atom is -0.506 e. The number of fused-ring (bicyclic) bond motifs is 1. The second kappa shape index (κ2) is 7.27. The zero-order valence-electron chi connectivity index (χ0n) is 15.0. The molecule has 1 N–H and O–H groups in total. The van der Waals surface area contributed by atoms with Crippen molar-refractivity contribution >= 4 is 45.7 Å². The van der Waals surface area contributed by atoms with Gasteiger partial charge in [0.2, 0.25) is 0 Å². The first-order valence-electron chi connectivity index (χ1n) is 8.10. The number of halogens is 5. The average Bonchev–Trinajstić information content (AvgIpc) is 2.66. The van der Waals surface area contributed by atoms with Crippen molar-refractivity contribution in [3.63, 3.8) is 0 Å². The number of amides is 1. The van der Waals surface area contributed by atoms with Gasteiger partial charge >= 0.3 is 6.18 Å². The van der Waals surface area contributed by atoms with E-state index in [1.807, 2.05) is 0 Å². The highest BCUT2D eigenvalue weighted by Gasteiger charge is 2.35. The van der Waals surface area contributed by atoms with Gasteiger partial charge in [0.25, 0.3) is 11.5 Å². The maximum absolute atomic E-state index is 13.3. The van der Waals surface area contributed by atoms with E-state index in [0.717, 1.165) is 24.1 Å². The molecular formula is C19H13Cl2F3N2O3. The molecule has 0 saturated heterocycles. The molecule has 0 spiro atoms. The Kier molecular flexibility index (Phi) is 5.27. The van der Waals surface area contributed by atoms with Crippen molar-refractivity contribution in [3.05, 3.63) is 67.9 Å². The van der Waals surface area contributed by atoms with Gasteiger partial charge < -0.3 is 14.6 Å². The van der Waals surface area contributed by atoms with Crippen molar-refractivity contribution in [3.8, 4) is 5.75 Å². The van der Waals surface area contributed by atoms with Crippen molar-refractivity contribution in [1.29, 1.82) is 0 Å². The summed E-state index contributed by atoms with van der Waals surface area (Å²) in [6, 6.07) is 7.38. The molecule has 1 amide bonds. The maximum atomic E-state index is 13.3. The maximum Gasteiger partial charge on any atom is 0.418 e. The fraction of sp³-hybridized carbons (Fsp3) is 0.158. The van der Waals surface area contributed by atoms with E-state index in [-0.39, 0.29) is 21.1 Å². The van der Waals surface area contributed by atoms with Crippen LogP contribution in [0.3, 0.4) is 0 Å². The minimum absolute atomic E-state index is 0.161. The van der Waals surface area contributed by atoms with Gasteiger partial charge in [0.15, 0.2) is 0 Å². The van der Waals surface area contributed by atoms with Crippen LogP contribution in [0.15, 0.2) is 41.2 Å². The summed E-state index contributed by atoms with van der Waals surface area (Å²) in [5.41, 5.74) is -3.07. The summed E-state index contributed by atoms with van der Waals surface area (Å²) in [6.45, 7) is 0. The van der Waals surface area contributed by atoms with E-state index in [1.165, 1.54) is 31.3 Å². The Bertz CT molecular complexity index is 1210. The number of hydrogen-bond donors (Lipinski definition) is 1. The molecule has 29 heavy (non-hydrogen) atoms. The van der Waals surface area contributed by atoms with Gasteiger partial charge in [0.05, 0.1) is 21.1 Å². The highest BCUT2D eigenvalue weighted by atomic mass is 35.5. The second-order valence-corrected chi connectivity index (χ2v) is 7.06. The third-order valence-electron chi connectivity index (χ3n) is 4.50. The van der Waals surface area contributed by atoms with Crippen LogP contribution < -0.4 is 10.5 Å². The number of nitrogens with zero attached hydrogens (tertiary/aromatic N) is 2. The standard InChI is InChI=1S/C19H13Cl2F3N2O3/c1-25(9-6-7-12(20)13(21)8-9)17(28)14-16(27)10-4-3-5-11(19(22,23)24)15(10)26(2)18(14)29/h3-8,27H,1-2H3. The van der Waals surface area contributed by atoms with Gasteiger partial charge in [-0.15, -0.1) is 0 Å². The van der Waals surface area contributed by atoms with Crippen LogP contribution in [0.1, 0.15) is 15.9 Å². The Hall–Kier alpha value is -2.71. The Labute approximate surface area is 172 Å². The monoisotopic (exact) mass is 444 g/mol. The smallest absolute Gasteiger partial charge is 0.418 e. The highest BCUT2D eigenvalue weighted by Crippen LogP contribution is 2.37. The average molecular weight is 445 g/mol. The van der Waals surface area contributed by atoms with E-state index >= 15 is 0 Å². The van der Waals surface area contributed by atoms with Crippen LogP contribution in [0, 0.1) is 0 Å². The number of anilines is 1. The first-order valence-corrected chi connectivity index (χ1v) is 8.85. The minimum atomic E-state index is -4.75. The summed E-state index contributed by atoms with van der Waals surface area (Å²) >= 11 is 11.8. The second-order valence-electron chi connectivity index (χ2n) is 6.25. The van der Waals surface area contributed by atoms with Crippen LogP contribution in [0.5, 0.6) is 5.75 Å². The molecule has 152 valence electrons. The van der Waals surface area contributed by atoms with Crippen molar-refractivity contribution < 1.29 is 23.1 Å². The Morgan fingerprint density at radius 2 is 1.79 bits per heavy atom. The lowest BCUT2D eigenvalue weighted by Crippen LogP contribution is -2.34. The van der Waals surface area contributed by atoms with E-state index in [0.29, 0.717) is 4.57 Å². The van der Waals surface area contributed by atoms with E-state index in [1.54, 1.807) is 0 Å². The van der Waals surface area contributed by atoms with Crippen LogP contribution in [0.25, 0.3) is 10.9 Å². The Balaban J connectivity index is 2.24. The summed E-state index contributed by atoms with van der Waals surface area (Å²) in [7, 11) is 2.44. The lowest BCUT2D eigenvalue weighted by Gasteiger charge is -2.20. The van der Waals surface area contributed by atoms with Crippen molar-refractivity contribution in [2.75, 3.05) is 11.9 Å². The molecule has 0 aliphatic heterocycles. The first-order chi connectivity index (χ1) is 13.4. The van der Waals surface area contributed by atoms with Gasteiger partial charge in [-0.25, -0.2) is 0 Å². The lowest BCUT2D eigenvalue weighted by molar-refractivity contribution is -0.136. The summed E-state index contributed by atoms with van der Waals surface area (Å²) in [4.78, 5) is 26.7. The van der Waals surface area contributed by atoms with Gasteiger partial charge in [0, 0.05) is 25.2 Å². The van der Waals surface area contributed by atoms with E-state index in [9.17, 15) is 27.9 Å². The van der Waals surface area contributed by atoms with Gasteiger partial charge in [0.1, 0.15) is 11.3 Å². The zero-order valence-corrected chi connectivity index (χ0v) is 16.5. The normalized spacial score (nSPS) is 11.7. The molecule has 0 radical (unpaired) electrons. The fourth-order valence-electron chi connectivity index (χ4n) is 3.00. The number of benzene rings is 2. The number of aryl methyl sites for hydroxylation is 1. The molecule has 1 heterocycles. The molecule has 3 rings (SSSR count). The lowest BCUT2D eigenvalue weighted by atomic mass is 10.0. The van der Waals surface area contributed by atoms with Crippen LogP contribution in [0.4, 0.5) is 18.9 Å². The first kappa shape index (κ1) is 21.0. The molecule has 0 aliphatic rings. The Morgan fingerprint density at radius 3 is 2.38 bits per heavy atom. The molecule has 1 aromatic heterocycles. The number of hydrogen-bond acceptors (Lipinski definition) is 3. The van der Waals surface area contributed by atoms with Crippen LogP contribution in [-0.4, -0.2) is 22.6 Å². The number of aromatic nitrogens is 1. The third kappa shape index (κ3) is 3.54. The van der Waals surface area contributed by atoms with Gasteiger partial charge in [-0.3, -0.25) is 9.59 Å². The predicted molar refractivity (Wildman–Crippen MR) is 105 cm³/mol. The molecule has 0 unspecified atom stereocenters. The molecule has 0 aliphatic carbocycles. The number of carbonyl (C=O) groups is 1. The van der Waals surface area contributed by atoms with E-state index in [2.05, 4.69) is 0 Å². The Morgan fingerprint density at radius 1 is 1.14 bits per heavy atom. The molecule has 0 saturated carbocycles. The number of carbonyl (C=O) groups excluding carboxylic acids is 1. The van der Waals surface area contributed by atoms with Gasteiger partial charge in [-0.2, -0.15) is 13.2 Å². The molecule has 3 aromatic rings. The van der Waals surface area contributed by atoms with Crippen molar-refractivity contribution in [1.82, 2.24) is 4.57 Å². The van der Waals surface area contributed by atoms with Crippen molar-refractivity contribution in [2.45, 2.75) is 6.18 Å². The van der Waals surface area contributed by atoms with Crippen LogP contribution >= 0.6 is 23.2 Å². The third-order valence-corrected chi connectivity index (χ3v) is 5.24. The molecule has 10 heteroatoms. The van der Waals surface area contributed by atoms with Crippen LogP contribution in [-0.2, 0) is 13.2 Å². The van der Waals surface area contributed by atoms with E-state index in [4.69, 9.17) is 23.2 Å². The number of rotatable bonds is 2. The molecule has 2 aromatic carbocycles. The molecular weight excluding hydrogens is 432 g/mol. The quantitative estimate of drug-likeness (QED) is 0.614. The number of pyridine rings is 1. The molecule has 5 nitrogen and oxygen atoms in total. The molecule has 0 atom stereocenters. The largest absolute Gasteiger partial charge is 0.506 e. The summed E-state index contributed by atoms with van der Waals surface area (Å²) in [5, 5.41) is 10.7. The topological polar surface area (TPSA) is 62.5 Å². The zero-order chi connectivity index (χ0) is 21.7. The molecule has 0 bridgehead atoms. The SMILES string of the molecule is CN(C(=O)c1c(O)c2cccc(C(F)(F)F)c2n(C)c1=O)c1ccc(Cl)c(Cl)c1. The summed E-state index contributed by atoms with van der Waals surface area (Å²) in [5.74, 6) is -1.74. The summed E-state index contributed by atoms with van der Waals surface area (Å²) in [6.07, 6.45) is -4.75. The number of aromatic hydroxyl groups is 1. The summed E-state index contributed by atoms with van der Waals surface area (Å²) < 4.78 is 40.7. The highest BCUT2D eigenvalue weighted by molar-refractivity contribution is 6.42. The van der Waals surface area contributed by atoms with E-state index < -0.39 is 40.0 Å². The van der Waals surface area contributed by atoms with Gasteiger partial charge in [-0.1, -0.05) is 29.3 Å². The fourth-order valence-corrected chi connectivity index (χ4v) is 3.29. The predicted octanol–water partition coefficient (Wildman–Crippen LogP) is 4.85. The number of alkyl halides is 3. The molecule has 0 fully saturated rings.